The molecule has 0 bridgehead atoms. The highest BCUT2D eigenvalue weighted by Gasteiger charge is 2.35. The predicted octanol–water partition coefficient (Wildman–Crippen LogP) is 4.76. The summed E-state index contributed by atoms with van der Waals surface area (Å²) in [6.45, 7) is 4.65. The summed E-state index contributed by atoms with van der Waals surface area (Å²) in [6.07, 6.45) is 0. The van der Waals surface area contributed by atoms with Crippen LogP contribution in [0.15, 0.2) is 60.7 Å². The monoisotopic (exact) mass is 491 g/mol. The van der Waals surface area contributed by atoms with Gasteiger partial charge in [0.2, 0.25) is 5.91 Å². The standard InChI is InChI=1S/C28H30FN3O4/c1-17(2)26-28(34)31-24-13-20(27(33)30-15-18-6-5-7-21(29)10-18)8-9-25(24)32(26)16-19-11-22(35-3)14-23(12-19)36-4/h5-14,17,26H,15-16H2,1-4H3,(H,30,33)(H,31,34)/t26-/m0/s1. The van der Waals surface area contributed by atoms with E-state index in [2.05, 4.69) is 10.6 Å². The van der Waals surface area contributed by atoms with Crippen LogP contribution in [0.3, 0.4) is 0 Å². The molecule has 2 amide bonds. The lowest BCUT2D eigenvalue weighted by atomic mass is 9.96. The van der Waals surface area contributed by atoms with Gasteiger partial charge in [-0.25, -0.2) is 4.39 Å². The van der Waals surface area contributed by atoms with Gasteiger partial charge in [0.25, 0.3) is 5.91 Å². The first-order valence-electron chi connectivity index (χ1n) is 11.7. The van der Waals surface area contributed by atoms with Crippen LogP contribution >= 0.6 is 0 Å². The zero-order valence-electron chi connectivity index (χ0n) is 20.8. The molecular formula is C28H30FN3O4. The summed E-state index contributed by atoms with van der Waals surface area (Å²) in [5, 5.41) is 5.77. The minimum atomic E-state index is -0.401. The third-order valence-corrected chi connectivity index (χ3v) is 6.17. The number of methoxy groups -OCH3 is 2. The molecule has 0 spiro atoms. The van der Waals surface area contributed by atoms with Crippen LogP contribution in [0.1, 0.15) is 35.3 Å². The SMILES string of the molecule is COc1cc(CN2c3ccc(C(=O)NCc4cccc(F)c4)cc3NC(=O)[C@@H]2C(C)C)cc(OC)c1. The lowest BCUT2D eigenvalue weighted by molar-refractivity contribution is -0.118. The zero-order chi connectivity index (χ0) is 25.8. The second-order valence-electron chi connectivity index (χ2n) is 9.07. The van der Waals surface area contributed by atoms with Crippen molar-refractivity contribution in [1.29, 1.82) is 0 Å². The quantitative estimate of drug-likeness (QED) is 0.475. The van der Waals surface area contributed by atoms with Crippen molar-refractivity contribution < 1.29 is 23.5 Å². The molecule has 1 atom stereocenters. The number of carbonyl (C=O) groups is 2. The van der Waals surface area contributed by atoms with E-state index in [1.807, 2.05) is 36.9 Å². The van der Waals surface area contributed by atoms with Gasteiger partial charge in [0.1, 0.15) is 23.4 Å². The van der Waals surface area contributed by atoms with E-state index in [1.54, 1.807) is 44.6 Å². The van der Waals surface area contributed by atoms with Crippen LogP contribution in [0.25, 0.3) is 0 Å². The molecule has 8 heteroatoms. The van der Waals surface area contributed by atoms with Crippen molar-refractivity contribution in [3.63, 3.8) is 0 Å². The third kappa shape index (κ3) is 5.43. The van der Waals surface area contributed by atoms with E-state index < -0.39 is 6.04 Å². The van der Waals surface area contributed by atoms with Gasteiger partial charge < -0.3 is 25.0 Å². The number of hydrogen-bond acceptors (Lipinski definition) is 5. The first-order valence-corrected chi connectivity index (χ1v) is 11.7. The Kier molecular flexibility index (Phi) is 7.43. The number of rotatable bonds is 8. The smallest absolute Gasteiger partial charge is 0.251 e. The molecule has 3 aromatic rings. The fourth-order valence-electron chi connectivity index (χ4n) is 4.46. The molecule has 2 N–H and O–H groups in total. The summed E-state index contributed by atoms with van der Waals surface area (Å²) in [5.41, 5.74) is 3.36. The third-order valence-electron chi connectivity index (χ3n) is 6.17. The number of amides is 2. The first kappa shape index (κ1) is 25.0. The number of nitrogens with zero attached hydrogens (tertiary/aromatic N) is 1. The molecular weight excluding hydrogens is 461 g/mol. The Morgan fingerprint density at radius 3 is 2.39 bits per heavy atom. The molecule has 1 heterocycles. The molecule has 0 saturated heterocycles. The molecule has 36 heavy (non-hydrogen) atoms. The van der Waals surface area contributed by atoms with Gasteiger partial charge >= 0.3 is 0 Å². The fraction of sp³-hybridized carbons (Fsp3) is 0.286. The second-order valence-corrected chi connectivity index (χ2v) is 9.07. The lowest BCUT2D eigenvalue weighted by Crippen LogP contribution is -2.50. The summed E-state index contributed by atoms with van der Waals surface area (Å²) in [7, 11) is 3.19. The van der Waals surface area contributed by atoms with Gasteiger partial charge in [-0.2, -0.15) is 0 Å². The first-order chi connectivity index (χ1) is 17.3. The number of halogens is 1. The van der Waals surface area contributed by atoms with E-state index in [9.17, 15) is 14.0 Å². The maximum Gasteiger partial charge on any atom is 0.251 e. The average Bonchev–Trinajstić information content (AvgIpc) is 2.86. The number of carbonyl (C=O) groups excluding carboxylic acids is 2. The maximum atomic E-state index is 13.4. The van der Waals surface area contributed by atoms with E-state index in [4.69, 9.17) is 9.47 Å². The van der Waals surface area contributed by atoms with E-state index in [-0.39, 0.29) is 30.1 Å². The van der Waals surface area contributed by atoms with Gasteiger partial charge in [-0.15, -0.1) is 0 Å². The Morgan fingerprint density at radius 2 is 1.75 bits per heavy atom. The largest absolute Gasteiger partial charge is 0.497 e. The van der Waals surface area contributed by atoms with Crippen LogP contribution < -0.4 is 25.0 Å². The normalized spacial score (nSPS) is 14.8. The molecule has 0 radical (unpaired) electrons. The number of anilines is 2. The van der Waals surface area contributed by atoms with Crippen molar-refractivity contribution in [2.75, 3.05) is 24.4 Å². The van der Waals surface area contributed by atoms with Crippen molar-refractivity contribution in [1.82, 2.24) is 5.32 Å². The van der Waals surface area contributed by atoms with Crippen LogP contribution in [-0.4, -0.2) is 32.1 Å². The van der Waals surface area contributed by atoms with E-state index in [1.165, 1.54) is 12.1 Å². The molecule has 1 aliphatic rings. The van der Waals surface area contributed by atoms with Gasteiger partial charge in [-0.05, 0) is 59.5 Å². The lowest BCUT2D eigenvalue weighted by Gasteiger charge is -2.40. The zero-order valence-corrected chi connectivity index (χ0v) is 20.8. The molecule has 0 saturated carbocycles. The summed E-state index contributed by atoms with van der Waals surface area (Å²) in [5.74, 6) is 0.567. The minimum Gasteiger partial charge on any atom is -0.497 e. The van der Waals surface area contributed by atoms with Crippen molar-refractivity contribution >= 4 is 23.2 Å². The predicted molar refractivity (Wildman–Crippen MR) is 137 cm³/mol. The van der Waals surface area contributed by atoms with Crippen LogP contribution in [-0.2, 0) is 17.9 Å². The number of benzene rings is 3. The highest BCUT2D eigenvalue weighted by atomic mass is 19.1. The Labute approximate surface area is 210 Å². The van der Waals surface area contributed by atoms with Crippen molar-refractivity contribution in [2.24, 2.45) is 5.92 Å². The highest BCUT2D eigenvalue weighted by Crippen LogP contribution is 2.37. The van der Waals surface area contributed by atoms with E-state index in [0.717, 1.165) is 11.3 Å². The summed E-state index contributed by atoms with van der Waals surface area (Å²) < 4.78 is 24.3. The molecule has 7 nitrogen and oxygen atoms in total. The highest BCUT2D eigenvalue weighted by molar-refractivity contribution is 6.05. The average molecular weight is 492 g/mol. The Balaban J connectivity index is 1.61. The molecule has 0 unspecified atom stereocenters. The van der Waals surface area contributed by atoms with Crippen LogP contribution in [0.2, 0.25) is 0 Å². The summed E-state index contributed by atoms with van der Waals surface area (Å²) in [6, 6.07) is 16.6. The molecule has 188 valence electrons. The molecule has 0 aromatic heterocycles. The molecule has 0 aliphatic carbocycles. The van der Waals surface area contributed by atoms with Gasteiger partial charge in [-0.3, -0.25) is 9.59 Å². The summed E-state index contributed by atoms with van der Waals surface area (Å²) >= 11 is 0. The maximum absolute atomic E-state index is 13.4. The van der Waals surface area contributed by atoms with Crippen LogP contribution in [0.5, 0.6) is 11.5 Å². The summed E-state index contributed by atoms with van der Waals surface area (Å²) in [4.78, 5) is 28.0. The van der Waals surface area contributed by atoms with Crippen LogP contribution in [0, 0.1) is 11.7 Å². The Morgan fingerprint density at radius 1 is 1.03 bits per heavy atom. The number of nitrogens with one attached hydrogen (secondary N) is 2. The topological polar surface area (TPSA) is 79.9 Å². The van der Waals surface area contributed by atoms with Gasteiger partial charge in [0.15, 0.2) is 0 Å². The van der Waals surface area contributed by atoms with Gasteiger partial charge in [-0.1, -0.05) is 26.0 Å². The number of hydrogen-bond donors (Lipinski definition) is 2. The van der Waals surface area contributed by atoms with Crippen LogP contribution in [0.4, 0.5) is 15.8 Å². The molecule has 3 aromatic carbocycles. The van der Waals surface area contributed by atoms with E-state index in [0.29, 0.717) is 34.9 Å². The minimum absolute atomic E-state index is 0.0416. The Hall–Kier alpha value is -4.07. The van der Waals surface area contributed by atoms with Gasteiger partial charge in [0, 0.05) is 24.7 Å². The Bertz CT molecular complexity index is 1260. The second kappa shape index (κ2) is 10.7. The molecule has 4 rings (SSSR count). The molecule has 1 aliphatic heterocycles. The molecule has 0 fully saturated rings. The van der Waals surface area contributed by atoms with Crippen molar-refractivity contribution in [2.45, 2.75) is 33.0 Å². The number of fused-ring (bicyclic) bond motifs is 1. The van der Waals surface area contributed by atoms with Gasteiger partial charge in [0.05, 0.1) is 25.6 Å². The van der Waals surface area contributed by atoms with E-state index >= 15 is 0 Å². The van der Waals surface area contributed by atoms with Crippen molar-refractivity contribution in [3.8, 4) is 11.5 Å². The van der Waals surface area contributed by atoms with Crippen molar-refractivity contribution in [3.05, 3.63) is 83.2 Å². The fourth-order valence-corrected chi connectivity index (χ4v) is 4.46. The number of ether oxygens (including phenoxy) is 2.